The second-order valence-electron chi connectivity index (χ2n) is 5.83. The van der Waals surface area contributed by atoms with E-state index < -0.39 is 11.1 Å². The van der Waals surface area contributed by atoms with Gasteiger partial charge in [0.25, 0.3) is 0 Å². The van der Waals surface area contributed by atoms with Crippen molar-refractivity contribution in [1.29, 1.82) is 0 Å². The Labute approximate surface area is 180 Å². The Bertz CT molecular complexity index is 1020. The number of halogens is 4. The first kappa shape index (κ1) is 19.4. The van der Waals surface area contributed by atoms with Gasteiger partial charge in [-0.05, 0) is 36.4 Å². The highest BCUT2D eigenvalue weighted by atomic mass is 35.5. The van der Waals surface area contributed by atoms with E-state index in [1.807, 2.05) is 12.1 Å². The van der Waals surface area contributed by atoms with Crippen LogP contribution in [0.5, 0.6) is 0 Å². The summed E-state index contributed by atoms with van der Waals surface area (Å²) in [5.74, 6) is 0.723. The zero-order chi connectivity index (χ0) is 19.8. The maximum Gasteiger partial charge on any atom is 0.223 e. The molecule has 2 N–H and O–H groups in total. The Hall–Kier alpha value is -1.96. The minimum Gasteiger partial charge on any atom is -0.368 e. The molecule has 0 spiro atoms. The third-order valence-electron chi connectivity index (χ3n) is 4.01. The van der Waals surface area contributed by atoms with E-state index in [0.29, 0.717) is 32.8 Å². The van der Waals surface area contributed by atoms with Crippen molar-refractivity contribution in [1.82, 2.24) is 5.16 Å². The van der Waals surface area contributed by atoms with Gasteiger partial charge in [-0.2, -0.15) is 5.06 Å². The molecule has 1 atom stereocenters. The van der Waals surface area contributed by atoms with E-state index in [-0.39, 0.29) is 5.96 Å². The second kappa shape index (κ2) is 7.81. The summed E-state index contributed by atoms with van der Waals surface area (Å²) in [5, 5.41) is 6.43. The topological polar surface area (TPSA) is 76.9 Å². The third-order valence-corrected chi connectivity index (χ3v) is 5.07. The van der Waals surface area contributed by atoms with Crippen LogP contribution in [-0.2, 0) is 4.84 Å². The van der Waals surface area contributed by atoms with E-state index >= 15 is 0 Å². The molecule has 6 nitrogen and oxygen atoms in total. The summed E-state index contributed by atoms with van der Waals surface area (Å²) in [7, 11) is 0. The highest BCUT2D eigenvalue weighted by molar-refractivity contribution is 6.44. The Morgan fingerprint density at radius 2 is 1.71 bits per heavy atom. The summed E-state index contributed by atoms with van der Waals surface area (Å²) in [6, 6.07) is 14.3. The fourth-order valence-corrected chi connectivity index (χ4v) is 3.49. The molecule has 1 aromatic heterocycles. The molecule has 1 unspecified atom stereocenters. The van der Waals surface area contributed by atoms with Crippen LogP contribution in [0.1, 0.15) is 0 Å². The Kier molecular flexibility index (Phi) is 5.40. The minimum absolute atomic E-state index is 0.166. The Balaban J connectivity index is 1.58. The maximum absolute atomic E-state index is 6.23. The standard InChI is InChI=1S/C18H12Cl4N4O2/c19-11-2-1-3-12(20)15(11)13-8-14(27-25-13)9-4-6-10(7-5-9)26-18(23)24-17(28-26)16(21)22/h1-8,16-17H,(H2,23,24). The van der Waals surface area contributed by atoms with Gasteiger partial charge in [-0.15, -0.1) is 23.2 Å². The molecular formula is C18H12Cl4N4O2. The lowest BCUT2D eigenvalue weighted by Gasteiger charge is -2.18. The molecule has 2 heterocycles. The monoisotopic (exact) mass is 456 g/mol. The van der Waals surface area contributed by atoms with Crippen LogP contribution >= 0.6 is 46.4 Å². The molecule has 0 aliphatic carbocycles. The zero-order valence-corrected chi connectivity index (χ0v) is 17.0. The summed E-state index contributed by atoms with van der Waals surface area (Å²) >= 11 is 24.1. The Morgan fingerprint density at radius 1 is 1.04 bits per heavy atom. The number of aliphatic imine (C=N–C) groups is 1. The highest BCUT2D eigenvalue weighted by Gasteiger charge is 2.30. The lowest BCUT2D eigenvalue weighted by molar-refractivity contribution is 0.0960. The molecule has 0 bridgehead atoms. The summed E-state index contributed by atoms with van der Waals surface area (Å²) in [4.78, 5) is 8.76. The molecular weight excluding hydrogens is 446 g/mol. The number of alkyl halides is 2. The van der Waals surface area contributed by atoms with Crippen molar-refractivity contribution in [3.8, 4) is 22.6 Å². The molecule has 10 heteroatoms. The van der Waals surface area contributed by atoms with Gasteiger partial charge in [0.1, 0.15) is 5.69 Å². The van der Waals surface area contributed by atoms with Crippen molar-refractivity contribution in [2.75, 3.05) is 5.06 Å². The van der Waals surface area contributed by atoms with E-state index in [2.05, 4.69) is 10.1 Å². The van der Waals surface area contributed by atoms with E-state index in [0.717, 1.165) is 5.56 Å². The van der Waals surface area contributed by atoms with Gasteiger partial charge in [0.05, 0.1) is 15.7 Å². The predicted octanol–water partition coefficient (Wildman–Crippen LogP) is 5.51. The number of hydrogen-bond donors (Lipinski definition) is 1. The predicted molar refractivity (Wildman–Crippen MR) is 112 cm³/mol. The van der Waals surface area contributed by atoms with Crippen molar-refractivity contribution < 1.29 is 9.36 Å². The summed E-state index contributed by atoms with van der Waals surface area (Å²) < 4.78 is 5.45. The first-order chi connectivity index (χ1) is 13.4. The van der Waals surface area contributed by atoms with Crippen LogP contribution in [0.15, 0.2) is 58.0 Å². The van der Waals surface area contributed by atoms with E-state index in [9.17, 15) is 0 Å². The van der Waals surface area contributed by atoms with Gasteiger partial charge in [-0.1, -0.05) is 34.4 Å². The maximum atomic E-state index is 6.23. The molecule has 0 saturated heterocycles. The van der Waals surface area contributed by atoms with Gasteiger partial charge >= 0.3 is 0 Å². The SMILES string of the molecule is NC1=NC(C(Cl)Cl)ON1c1ccc(-c2cc(-c3c(Cl)cccc3Cl)no2)cc1. The van der Waals surface area contributed by atoms with Gasteiger partial charge in [-0.3, -0.25) is 0 Å². The second-order valence-corrected chi connectivity index (χ2v) is 7.81. The van der Waals surface area contributed by atoms with Crippen molar-refractivity contribution in [2.45, 2.75) is 11.1 Å². The molecule has 144 valence electrons. The average molecular weight is 458 g/mol. The lowest BCUT2D eigenvalue weighted by atomic mass is 10.1. The zero-order valence-electron chi connectivity index (χ0n) is 14.0. The normalized spacial score (nSPS) is 16.7. The molecule has 0 fully saturated rings. The largest absolute Gasteiger partial charge is 0.368 e. The third kappa shape index (κ3) is 3.66. The molecule has 2 aromatic carbocycles. The van der Waals surface area contributed by atoms with Crippen molar-refractivity contribution >= 4 is 58.1 Å². The molecule has 1 aliphatic rings. The number of benzene rings is 2. The smallest absolute Gasteiger partial charge is 0.223 e. The van der Waals surface area contributed by atoms with Gasteiger partial charge in [0.15, 0.2) is 10.6 Å². The molecule has 4 rings (SSSR count). The van der Waals surface area contributed by atoms with Crippen LogP contribution in [0.3, 0.4) is 0 Å². The highest BCUT2D eigenvalue weighted by Crippen LogP contribution is 2.36. The number of nitrogens with two attached hydrogens (primary N) is 1. The molecule has 0 amide bonds. The number of hydroxylamine groups is 1. The number of anilines is 1. The van der Waals surface area contributed by atoms with Gasteiger partial charge in [0, 0.05) is 17.2 Å². The summed E-state index contributed by atoms with van der Waals surface area (Å²) in [6.45, 7) is 0. The van der Waals surface area contributed by atoms with Crippen LogP contribution in [0.4, 0.5) is 5.69 Å². The van der Waals surface area contributed by atoms with Crippen LogP contribution in [0.2, 0.25) is 10.0 Å². The van der Waals surface area contributed by atoms with Gasteiger partial charge < -0.3 is 10.3 Å². The van der Waals surface area contributed by atoms with Crippen molar-refractivity contribution in [2.24, 2.45) is 10.7 Å². The van der Waals surface area contributed by atoms with E-state index in [4.69, 9.17) is 61.5 Å². The quantitative estimate of drug-likeness (QED) is 0.522. The molecule has 0 radical (unpaired) electrons. The molecule has 3 aromatic rings. The van der Waals surface area contributed by atoms with Crippen LogP contribution in [-0.4, -0.2) is 22.2 Å². The minimum atomic E-state index is -0.827. The van der Waals surface area contributed by atoms with E-state index in [1.54, 1.807) is 36.4 Å². The summed E-state index contributed by atoms with van der Waals surface area (Å²) in [6.07, 6.45) is -0.750. The van der Waals surface area contributed by atoms with Crippen molar-refractivity contribution in [3.05, 3.63) is 58.6 Å². The van der Waals surface area contributed by atoms with E-state index in [1.165, 1.54) is 5.06 Å². The number of hydrogen-bond acceptors (Lipinski definition) is 6. The molecule has 1 aliphatic heterocycles. The number of nitrogens with zero attached hydrogens (tertiary/aromatic N) is 3. The number of rotatable bonds is 4. The van der Waals surface area contributed by atoms with Crippen LogP contribution in [0, 0.1) is 0 Å². The number of aromatic nitrogens is 1. The first-order valence-corrected chi connectivity index (χ1v) is 9.67. The summed E-state index contributed by atoms with van der Waals surface area (Å²) in [5.41, 5.74) is 8.49. The van der Waals surface area contributed by atoms with Gasteiger partial charge in [0.2, 0.25) is 12.2 Å². The average Bonchev–Trinajstić information content (AvgIpc) is 3.29. The molecule has 28 heavy (non-hydrogen) atoms. The number of guanidine groups is 1. The van der Waals surface area contributed by atoms with Gasteiger partial charge in [-0.25, -0.2) is 9.83 Å². The molecule has 0 saturated carbocycles. The Morgan fingerprint density at radius 3 is 2.32 bits per heavy atom. The van der Waals surface area contributed by atoms with Crippen LogP contribution in [0.25, 0.3) is 22.6 Å². The fraction of sp³-hybridized carbons (Fsp3) is 0.111. The first-order valence-electron chi connectivity index (χ1n) is 8.04. The lowest BCUT2D eigenvalue weighted by Crippen LogP contribution is -2.33. The van der Waals surface area contributed by atoms with Crippen LogP contribution < -0.4 is 10.8 Å². The fourth-order valence-electron chi connectivity index (χ4n) is 2.70. The van der Waals surface area contributed by atoms with Crippen molar-refractivity contribution in [3.63, 3.8) is 0 Å².